The van der Waals surface area contributed by atoms with E-state index in [0.717, 1.165) is 0 Å². The van der Waals surface area contributed by atoms with Crippen LogP contribution in [0.4, 0.5) is 13.2 Å². The Morgan fingerprint density at radius 1 is 1.29 bits per heavy atom. The second-order valence-electron chi connectivity index (χ2n) is 8.92. The Morgan fingerprint density at radius 2 is 2.03 bits per heavy atom. The number of hydrogen-bond acceptors (Lipinski definition) is 8. The maximum absolute atomic E-state index is 13.6. The van der Waals surface area contributed by atoms with Crippen LogP contribution in [0.1, 0.15) is 18.4 Å². The molecule has 0 radical (unpaired) electrons. The summed E-state index contributed by atoms with van der Waals surface area (Å²) >= 11 is 1.92. The molecule has 1 aliphatic heterocycles. The number of nitrogens with one attached hydrogen (secondary N) is 1. The lowest BCUT2D eigenvalue weighted by molar-refractivity contribution is -0.175. The van der Waals surface area contributed by atoms with Crippen LogP contribution in [0.5, 0.6) is 11.5 Å². The molecule has 1 saturated heterocycles. The van der Waals surface area contributed by atoms with Crippen LogP contribution in [0, 0.1) is 9.49 Å². The van der Waals surface area contributed by atoms with E-state index < -0.39 is 48.7 Å². The Bertz CT molecular complexity index is 1030. The summed E-state index contributed by atoms with van der Waals surface area (Å²) in [6, 6.07) is 1.65. The number of aliphatic hydroxyl groups excluding tert-OH is 3. The van der Waals surface area contributed by atoms with E-state index in [2.05, 4.69) is 5.32 Å². The van der Waals surface area contributed by atoms with Crippen molar-refractivity contribution in [1.29, 1.82) is 0 Å². The average Bonchev–Trinajstić information content (AvgIpc) is 3.42. The largest absolute Gasteiger partial charge is 0.493 e. The van der Waals surface area contributed by atoms with E-state index in [0.29, 0.717) is 14.0 Å². The molecule has 1 aromatic carbocycles. The van der Waals surface area contributed by atoms with Crippen molar-refractivity contribution in [3.8, 4) is 11.5 Å². The SMILES string of the molecule is COc1cc(CO)cc(I)c1O[C@H]1C=C(C(=O)NCCO)C[C@@H](N(CC(F)(F)F)C(=O)C2CCOC2)[C@@H]1O. The standard InChI is InChI=1S/C24H30F3IN2O8/c1-36-19-7-13(10-32)6-16(28)21(19)38-18-9-15(22(34)29-3-4-31)8-17(20(18)33)30(12-24(25,26)27)23(35)14-2-5-37-11-14/h6-7,9,14,17-18,20,31-33H,2-5,8,10-12H2,1H3,(H,29,34)/t14?,17-,18+,20+/m1/s1. The average molecular weight is 658 g/mol. The number of hydrogen-bond donors (Lipinski definition) is 4. The molecule has 14 heteroatoms. The van der Waals surface area contributed by atoms with Gasteiger partial charge in [-0.2, -0.15) is 13.2 Å². The normalized spacial score (nSPS) is 23.5. The molecular formula is C24H30F3IN2O8. The lowest BCUT2D eigenvalue weighted by atomic mass is 9.87. The Hall–Kier alpha value is -2.14. The highest BCUT2D eigenvalue weighted by Gasteiger charge is 2.46. The first kappa shape index (κ1) is 30.4. The zero-order valence-corrected chi connectivity index (χ0v) is 22.7. The topological polar surface area (TPSA) is 138 Å². The number of alkyl halides is 3. The van der Waals surface area contributed by atoms with Crippen molar-refractivity contribution in [1.82, 2.24) is 10.2 Å². The summed E-state index contributed by atoms with van der Waals surface area (Å²) in [5.41, 5.74) is 0.503. The van der Waals surface area contributed by atoms with Crippen LogP contribution in [0.3, 0.4) is 0 Å². The fourth-order valence-electron chi connectivity index (χ4n) is 4.41. The van der Waals surface area contributed by atoms with Crippen LogP contribution in [-0.4, -0.2) is 96.5 Å². The fourth-order valence-corrected chi connectivity index (χ4v) is 5.20. The molecule has 3 rings (SSSR count). The molecule has 1 fully saturated rings. The van der Waals surface area contributed by atoms with Gasteiger partial charge in [-0.1, -0.05) is 0 Å². The first-order valence-electron chi connectivity index (χ1n) is 11.9. The third-order valence-corrected chi connectivity index (χ3v) is 7.05. The van der Waals surface area contributed by atoms with E-state index in [9.17, 15) is 33.0 Å². The summed E-state index contributed by atoms with van der Waals surface area (Å²) < 4.78 is 57.9. The number of rotatable bonds is 10. The number of halogens is 4. The summed E-state index contributed by atoms with van der Waals surface area (Å²) in [7, 11) is 1.36. The van der Waals surface area contributed by atoms with Gasteiger partial charge in [-0.25, -0.2) is 0 Å². The quantitative estimate of drug-likeness (QED) is 0.275. The molecule has 0 bridgehead atoms. The van der Waals surface area contributed by atoms with E-state index in [1.165, 1.54) is 19.3 Å². The molecule has 212 valence electrons. The van der Waals surface area contributed by atoms with Gasteiger partial charge in [0.05, 0.1) is 42.5 Å². The van der Waals surface area contributed by atoms with E-state index >= 15 is 0 Å². The molecule has 1 heterocycles. The van der Waals surface area contributed by atoms with Gasteiger partial charge in [0.25, 0.3) is 0 Å². The Morgan fingerprint density at radius 3 is 2.61 bits per heavy atom. The maximum atomic E-state index is 13.6. The molecule has 10 nitrogen and oxygen atoms in total. The minimum atomic E-state index is -4.77. The molecule has 2 aliphatic rings. The summed E-state index contributed by atoms with van der Waals surface area (Å²) in [6.45, 7) is -2.19. The van der Waals surface area contributed by atoms with Gasteiger partial charge in [0, 0.05) is 25.1 Å². The number of ether oxygens (including phenoxy) is 3. The highest BCUT2D eigenvalue weighted by atomic mass is 127. The van der Waals surface area contributed by atoms with Gasteiger partial charge < -0.3 is 39.7 Å². The van der Waals surface area contributed by atoms with Crippen LogP contribution in [0.25, 0.3) is 0 Å². The highest BCUT2D eigenvalue weighted by molar-refractivity contribution is 14.1. The van der Waals surface area contributed by atoms with Crippen LogP contribution < -0.4 is 14.8 Å². The minimum Gasteiger partial charge on any atom is -0.493 e. The molecular weight excluding hydrogens is 628 g/mol. The molecule has 1 aliphatic carbocycles. The summed E-state index contributed by atoms with van der Waals surface area (Å²) in [6.07, 6.45) is -6.60. The van der Waals surface area contributed by atoms with Gasteiger partial charge in [-0.15, -0.1) is 0 Å². The Kier molecular flexibility index (Phi) is 10.6. The second-order valence-corrected chi connectivity index (χ2v) is 10.1. The predicted molar refractivity (Wildman–Crippen MR) is 135 cm³/mol. The molecule has 4 atom stereocenters. The number of methoxy groups -OCH3 is 1. The first-order valence-corrected chi connectivity index (χ1v) is 12.9. The zero-order valence-electron chi connectivity index (χ0n) is 20.5. The van der Waals surface area contributed by atoms with Crippen molar-refractivity contribution in [2.45, 2.75) is 43.9 Å². The number of aliphatic hydroxyl groups is 3. The molecule has 0 saturated carbocycles. The van der Waals surface area contributed by atoms with Crippen molar-refractivity contribution in [2.75, 3.05) is 40.0 Å². The van der Waals surface area contributed by atoms with Crippen molar-refractivity contribution in [3.63, 3.8) is 0 Å². The van der Waals surface area contributed by atoms with Crippen molar-refractivity contribution in [3.05, 3.63) is 32.9 Å². The zero-order chi connectivity index (χ0) is 28.0. The van der Waals surface area contributed by atoms with Gasteiger partial charge in [0.1, 0.15) is 18.8 Å². The van der Waals surface area contributed by atoms with Crippen LogP contribution in [0.2, 0.25) is 0 Å². The summed E-state index contributed by atoms with van der Waals surface area (Å²) in [5, 5.41) is 32.3. The lowest BCUT2D eigenvalue weighted by Crippen LogP contribution is -2.58. The molecule has 1 unspecified atom stereocenters. The highest BCUT2D eigenvalue weighted by Crippen LogP contribution is 2.38. The Labute approximate surface area is 230 Å². The second kappa shape index (κ2) is 13.3. The fraction of sp³-hybridized carbons (Fsp3) is 0.583. The molecule has 4 N–H and O–H groups in total. The van der Waals surface area contributed by atoms with Gasteiger partial charge in [0.15, 0.2) is 11.5 Å². The van der Waals surface area contributed by atoms with Gasteiger partial charge in [0.2, 0.25) is 11.8 Å². The van der Waals surface area contributed by atoms with Gasteiger partial charge in [-0.05, 0) is 52.8 Å². The van der Waals surface area contributed by atoms with Gasteiger partial charge >= 0.3 is 6.18 Å². The number of carbonyl (C=O) groups is 2. The van der Waals surface area contributed by atoms with E-state index in [-0.39, 0.29) is 62.9 Å². The minimum absolute atomic E-state index is 0.0117. The Balaban J connectivity index is 2.02. The van der Waals surface area contributed by atoms with Gasteiger partial charge in [-0.3, -0.25) is 9.59 Å². The van der Waals surface area contributed by atoms with Crippen molar-refractivity contribution in [2.24, 2.45) is 5.92 Å². The third kappa shape index (κ3) is 7.49. The first-order chi connectivity index (χ1) is 18.0. The number of benzene rings is 1. The monoisotopic (exact) mass is 658 g/mol. The van der Waals surface area contributed by atoms with Crippen LogP contribution in [-0.2, 0) is 20.9 Å². The summed E-state index contributed by atoms with van der Waals surface area (Å²) in [4.78, 5) is 26.5. The van der Waals surface area contributed by atoms with Crippen molar-refractivity contribution < 1.29 is 52.3 Å². The smallest absolute Gasteiger partial charge is 0.406 e. The van der Waals surface area contributed by atoms with E-state index in [1.807, 2.05) is 22.6 Å². The molecule has 38 heavy (non-hydrogen) atoms. The maximum Gasteiger partial charge on any atom is 0.406 e. The number of carbonyl (C=O) groups excluding carboxylic acids is 2. The third-order valence-electron chi connectivity index (χ3n) is 6.25. The predicted octanol–water partition coefficient (Wildman–Crippen LogP) is 1.14. The van der Waals surface area contributed by atoms with Crippen molar-refractivity contribution >= 4 is 34.4 Å². The number of nitrogens with zero attached hydrogens (tertiary/aromatic N) is 1. The van der Waals surface area contributed by atoms with Crippen LogP contribution >= 0.6 is 22.6 Å². The lowest BCUT2D eigenvalue weighted by Gasteiger charge is -2.41. The number of amides is 2. The molecule has 2 amide bonds. The van der Waals surface area contributed by atoms with E-state index in [1.54, 1.807) is 6.07 Å². The molecule has 0 aromatic heterocycles. The summed E-state index contributed by atoms with van der Waals surface area (Å²) in [5.74, 6) is -1.99. The van der Waals surface area contributed by atoms with E-state index in [4.69, 9.17) is 19.3 Å². The van der Waals surface area contributed by atoms with Crippen LogP contribution in [0.15, 0.2) is 23.8 Å². The molecule has 0 spiro atoms. The molecule has 1 aromatic rings.